The number of aromatic nitrogens is 3. The summed E-state index contributed by atoms with van der Waals surface area (Å²) in [7, 11) is -3.96. The summed E-state index contributed by atoms with van der Waals surface area (Å²) in [5.41, 5.74) is 14.0. The third kappa shape index (κ3) is 6.79. The summed E-state index contributed by atoms with van der Waals surface area (Å²) in [6.45, 7) is 6.44. The summed E-state index contributed by atoms with van der Waals surface area (Å²) >= 11 is 0. The lowest BCUT2D eigenvalue weighted by Gasteiger charge is -2.25. The van der Waals surface area contributed by atoms with Crippen LogP contribution in [0.25, 0.3) is 21.9 Å². The average molecular weight is 569 g/mol. The molecule has 0 aliphatic rings. The van der Waals surface area contributed by atoms with E-state index in [4.69, 9.17) is 30.2 Å². The van der Waals surface area contributed by atoms with Crippen molar-refractivity contribution in [3.05, 3.63) is 60.4 Å². The van der Waals surface area contributed by atoms with E-state index in [2.05, 4.69) is 21.6 Å². The molecule has 0 radical (unpaired) electrons. The number of nitrogens with two attached hydrogens (primary N) is 2. The lowest BCUT2D eigenvalue weighted by atomic mass is 10.1. The number of nitrogens with one attached hydrogen (secondary N) is 1. The molecule has 0 saturated carbocycles. The van der Waals surface area contributed by atoms with Crippen molar-refractivity contribution in [1.29, 1.82) is 0 Å². The van der Waals surface area contributed by atoms with Crippen molar-refractivity contribution in [3.63, 3.8) is 0 Å². The number of pyridine rings is 1. The van der Waals surface area contributed by atoms with Gasteiger partial charge >= 0.3 is 7.75 Å². The first kappa shape index (κ1) is 29.5. The van der Waals surface area contributed by atoms with Crippen LogP contribution in [0.4, 0.5) is 5.82 Å². The molecule has 2 aromatic carbocycles. The highest BCUT2D eigenvalue weighted by atomic mass is 31.2. The molecule has 0 spiro atoms. The van der Waals surface area contributed by atoms with Crippen LogP contribution in [0.2, 0.25) is 0 Å². The van der Waals surface area contributed by atoms with Gasteiger partial charge in [-0.2, -0.15) is 5.09 Å². The summed E-state index contributed by atoms with van der Waals surface area (Å²) in [5, 5.41) is 3.58. The minimum Gasteiger partial charge on any atom is -0.413 e. The van der Waals surface area contributed by atoms with Gasteiger partial charge in [-0.05, 0) is 44.9 Å². The van der Waals surface area contributed by atoms with Crippen molar-refractivity contribution in [2.24, 2.45) is 5.73 Å². The molecule has 4 aromatic rings. The van der Waals surface area contributed by atoms with E-state index in [1.807, 2.05) is 37.3 Å². The zero-order valence-electron chi connectivity index (χ0n) is 23.1. The predicted octanol–water partition coefficient (Wildman–Crippen LogP) is 5.10. The van der Waals surface area contributed by atoms with E-state index >= 15 is 0 Å². The molecule has 5 N–H and O–H groups in total. The standard InChI is InChI=1S/C28H37N6O5P/c1-4-11-20(16-17-38-40(36,33-19(3)28(30)35)39-21-12-7-6-8-13-21)34-24(18-37-5-2)32-25-26(34)22-14-9-10-15-23(22)31-27(25)29/h6-10,12-15,19-20H,4-5,11,16-18H2,1-3H3,(H2,29,31)(H2,30,35)(H,33,36)/t19-,20+,40+/m0/s1. The Morgan fingerprint density at radius 1 is 1.07 bits per heavy atom. The van der Waals surface area contributed by atoms with Crippen LogP contribution in [0.15, 0.2) is 54.6 Å². The number of fused-ring (bicyclic) bond motifs is 3. The third-order valence-corrected chi connectivity index (χ3v) is 8.19. The fraction of sp³-hybridized carbons (Fsp3) is 0.393. The van der Waals surface area contributed by atoms with Gasteiger partial charge in [0.15, 0.2) is 5.82 Å². The molecular weight excluding hydrogens is 531 g/mol. The lowest BCUT2D eigenvalue weighted by Crippen LogP contribution is -2.38. The normalized spacial score (nSPS) is 14.7. The Kier molecular flexibility index (Phi) is 9.76. The predicted molar refractivity (Wildman–Crippen MR) is 156 cm³/mol. The largest absolute Gasteiger partial charge is 0.459 e. The van der Waals surface area contributed by atoms with Gasteiger partial charge in [-0.1, -0.05) is 49.7 Å². The number of nitrogens with zero attached hydrogens (tertiary/aromatic N) is 3. The van der Waals surface area contributed by atoms with Gasteiger partial charge in [0.1, 0.15) is 23.7 Å². The number of para-hydroxylation sites is 2. The van der Waals surface area contributed by atoms with Gasteiger partial charge < -0.3 is 25.3 Å². The lowest BCUT2D eigenvalue weighted by molar-refractivity contribution is -0.119. The first-order chi connectivity index (χ1) is 19.3. The number of carbonyl (C=O) groups is 1. The Labute approximate surface area is 233 Å². The molecule has 0 saturated heterocycles. The van der Waals surface area contributed by atoms with Gasteiger partial charge in [-0.3, -0.25) is 9.32 Å². The topological polar surface area (TPSA) is 157 Å². The number of nitrogen functional groups attached to an aromatic ring is 1. The molecule has 0 bridgehead atoms. The first-order valence-corrected chi connectivity index (χ1v) is 15.0. The number of anilines is 1. The minimum absolute atomic E-state index is 0.0690. The molecule has 0 aliphatic heterocycles. The van der Waals surface area contributed by atoms with Crippen LogP contribution in [-0.4, -0.2) is 39.7 Å². The molecule has 4 rings (SSSR count). The van der Waals surface area contributed by atoms with Gasteiger partial charge in [0.25, 0.3) is 0 Å². The van der Waals surface area contributed by atoms with Gasteiger partial charge in [-0.15, -0.1) is 0 Å². The molecule has 0 aliphatic carbocycles. The maximum absolute atomic E-state index is 13.7. The third-order valence-electron chi connectivity index (χ3n) is 6.51. The smallest absolute Gasteiger partial charge is 0.413 e. The quantitative estimate of drug-likeness (QED) is 0.166. The Balaban J connectivity index is 1.68. The number of amides is 1. The number of imidazole rings is 1. The zero-order valence-corrected chi connectivity index (χ0v) is 24.0. The molecule has 12 heteroatoms. The van der Waals surface area contributed by atoms with Crippen LogP contribution < -0.4 is 21.1 Å². The van der Waals surface area contributed by atoms with E-state index in [0.717, 1.165) is 35.1 Å². The van der Waals surface area contributed by atoms with Crippen molar-refractivity contribution in [1.82, 2.24) is 19.6 Å². The maximum atomic E-state index is 13.7. The number of hydrogen-bond donors (Lipinski definition) is 3. The Morgan fingerprint density at radius 2 is 1.80 bits per heavy atom. The number of hydrogen-bond acceptors (Lipinski definition) is 8. The van der Waals surface area contributed by atoms with E-state index in [9.17, 15) is 9.36 Å². The zero-order chi connectivity index (χ0) is 28.7. The van der Waals surface area contributed by atoms with Crippen molar-refractivity contribution >= 4 is 41.4 Å². The highest BCUT2D eigenvalue weighted by molar-refractivity contribution is 7.52. The average Bonchev–Trinajstić information content (AvgIpc) is 3.32. The van der Waals surface area contributed by atoms with Crippen LogP contribution in [0.5, 0.6) is 5.75 Å². The van der Waals surface area contributed by atoms with Gasteiger partial charge in [0.2, 0.25) is 5.91 Å². The van der Waals surface area contributed by atoms with Gasteiger partial charge in [0, 0.05) is 18.0 Å². The van der Waals surface area contributed by atoms with E-state index in [1.165, 1.54) is 6.92 Å². The summed E-state index contributed by atoms with van der Waals surface area (Å²) in [6.07, 6.45) is 2.15. The van der Waals surface area contributed by atoms with Gasteiger partial charge in [0.05, 0.1) is 23.7 Å². The van der Waals surface area contributed by atoms with Crippen molar-refractivity contribution < 1.29 is 23.1 Å². The van der Waals surface area contributed by atoms with E-state index in [1.54, 1.807) is 24.3 Å². The fourth-order valence-corrected chi connectivity index (χ4v) is 6.14. The maximum Gasteiger partial charge on any atom is 0.459 e. The molecule has 3 atom stereocenters. The number of ether oxygens (including phenoxy) is 1. The second-order valence-corrected chi connectivity index (χ2v) is 11.2. The number of rotatable bonds is 15. The molecular formula is C28H37N6O5P. The molecule has 2 heterocycles. The van der Waals surface area contributed by atoms with Crippen LogP contribution in [0, 0.1) is 0 Å². The SMILES string of the molecule is CCC[C@H](CCO[P@](=O)(N[C@@H](C)C(N)=O)Oc1ccccc1)n1c(COCC)nc2c(N)nc3ccccc3c21. The van der Waals surface area contributed by atoms with E-state index in [-0.39, 0.29) is 12.6 Å². The fourth-order valence-electron chi connectivity index (χ4n) is 4.61. The molecule has 40 heavy (non-hydrogen) atoms. The van der Waals surface area contributed by atoms with Crippen molar-refractivity contribution in [2.75, 3.05) is 18.9 Å². The Morgan fingerprint density at radius 3 is 2.50 bits per heavy atom. The summed E-state index contributed by atoms with van der Waals surface area (Å²) < 4.78 is 33.3. The molecule has 2 aromatic heterocycles. The summed E-state index contributed by atoms with van der Waals surface area (Å²) in [4.78, 5) is 21.1. The van der Waals surface area contributed by atoms with Crippen LogP contribution in [0.3, 0.4) is 0 Å². The number of carbonyl (C=O) groups excluding carboxylic acids is 1. The highest BCUT2D eigenvalue weighted by Gasteiger charge is 2.31. The molecule has 214 valence electrons. The molecule has 11 nitrogen and oxygen atoms in total. The second-order valence-electron chi connectivity index (χ2n) is 9.47. The summed E-state index contributed by atoms with van der Waals surface area (Å²) in [5.74, 6) is 0.744. The number of benzene rings is 2. The molecule has 0 fully saturated rings. The van der Waals surface area contributed by atoms with Crippen molar-refractivity contribution in [3.8, 4) is 5.75 Å². The van der Waals surface area contributed by atoms with Gasteiger partial charge in [-0.25, -0.2) is 14.5 Å². The summed E-state index contributed by atoms with van der Waals surface area (Å²) in [6, 6.07) is 15.4. The highest BCUT2D eigenvalue weighted by Crippen LogP contribution is 2.45. The second kappa shape index (κ2) is 13.2. The monoisotopic (exact) mass is 568 g/mol. The molecule has 1 amide bonds. The van der Waals surface area contributed by atoms with Crippen LogP contribution >= 0.6 is 7.75 Å². The van der Waals surface area contributed by atoms with Crippen LogP contribution in [0.1, 0.15) is 51.9 Å². The Hall–Kier alpha value is -3.50. The van der Waals surface area contributed by atoms with E-state index in [0.29, 0.717) is 36.7 Å². The van der Waals surface area contributed by atoms with E-state index < -0.39 is 19.7 Å². The van der Waals surface area contributed by atoms with Crippen LogP contribution in [-0.2, 0) is 25.2 Å². The minimum atomic E-state index is -3.96. The number of primary amides is 1. The Bertz CT molecular complexity index is 1500. The van der Waals surface area contributed by atoms with Crippen molar-refractivity contribution in [2.45, 2.75) is 58.7 Å². The first-order valence-electron chi connectivity index (χ1n) is 13.4. The molecule has 0 unspecified atom stereocenters.